The summed E-state index contributed by atoms with van der Waals surface area (Å²) in [6.45, 7) is 7.82. The summed E-state index contributed by atoms with van der Waals surface area (Å²) in [5.41, 5.74) is 3.78. The van der Waals surface area contributed by atoms with Gasteiger partial charge in [-0.25, -0.2) is 4.79 Å². The van der Waals surface area contributed by atoms with Crippen LogP contribution < -0.4 is 4.74 Å². The van der Waals surface area contributed by atoms with E-state index in [0.29, 0.717) is 31.2 Å². The van der Waals surface area contributed by atoms with Gasteiger partial charge in [0.25, 0.3) is 0 Å². The van der Waals surface area contributed by atoms with Crippen LogP contribution in [0, 0.1) is 0 Å². The maximum Gasteiger partial charge on any atom is 0.340 e. The van der Waals surface area contributed by atoms with Crippen LogP contribution in [-0.2, 0) is 17.0 Å². The molecule has 3 aromatic rings. The van der Waals surface area contributed by atoms with Crippen molar-refractivity contribution >= 4 is 44.6 Å². The van der Waals surface area contributed by atoms with E-state index in [1.54, 1.807) is 11.8 Å². The van der Waals surface area contributed by atoms with Gasteiger partial charge in [-0.2, -0.15) is 0 Å². The molecule has 0 bridgehead atoms. The van der Waals surface area contributed by atoms with E-state index >= 15 is 0 Å². The van der Waals surface area contributed by atoms with Gasteiger partial charge in [-0.05, 0) is 61.4 Å². The number of carbonyl (C=O) groups excluding carboxylic acids is 1. The number of halogens is 1. The van der Waals surface area contributed by atoms with Crippen LogP contribution in [0.15, 0.2) is 45.8 Å². The Kier molecular flexibility index (Phi) is 7.17. The van der Waals surface area contributed by atoms with E-state index in [-0.39, 0.29) is 12.0 Å². The first-order valence-electron chi connectivity index (χ1n) is 11.0. The van der Waals surface area contributed by atoms with Crippen LogP contribution in [-0.4, -0.2) is 35.8 Å². The number of rotatable bonds is 7. The fourth-order valence-electron chi connectivity index (χ4n) is 4.27. The molecule has 0 N–H and O–H groups in total. The van der Waals surface area contributed by atoms with Crippen molar-refractivity contribution in [3.05, 3.63) is 57.7 Å². The number of esters is 1. The molecule has 5 nitrogen and oxygen atoms in total. The molecule has 0 saturated carbocycles. The third-order valence-electron chi connectivity index (χ3n) is 5.89. The second-order valence-corrected chi connectivity index (χ2v) is 10.0. The summed E-state index contributed by atoms with van der Waals surface area (Å²) >= 11 is 5.47. The zero-order valence-corrected chi connectivity index (χ0v) is 21.4. The second kappa shape index (κ2) is 9.89. The zero-order valence-electron chi connectivity index (χ0n) is 19.0. The molecule has 1 aliphatic heterocycles. The van der Waals surface area contributed by atoms with Gasteiger partial charge in [-0.15, -0.1) is 11.8 Å². The highest BCUT2D eigenvalue weighted by Crippen LogP contribution is 2.44. The topological polar surface area (TPSA) is 43.7 Å². The Bertz CT molecular complexity index is 1130. The third-order valence-corrected chi connectivity index (χ3v) is 7.50. The summed E-state index contributed by atoms with van der Waals surface area (Å²) in [4.78, 5) is 16.6. The third kappa shape index (κ3) is 4.30. The monoisotopic (exact) mass is 516 g/mol. The Morgan fingerprint density at radius 2 is 2.03 bits per heavy atom. The number of nitrogens with zero attached hydrogens (tertiary/aromatic N) is 2. The van der Waals surface area contributed by atoms with E-state index in [2.05, 4.69) is 57.4 Å². The molecule has 1 aliphatic rings. The fraction of sp³-hybridized carbons (Fsp3) is 0.400. The predicted molar refractivity (Wildman–Crippen MR) is 134 cm³/mol. The molecule has 0 radical (unpaired) electrons. The van der Waals surface area contributed by atoms with Crippen molar-refractivity contribution < 1.29 is 14.3 Å². The van der Waals surface area contributed by atoms with Crippen LogP contribution in [0.4, 0.5) is 0 Å². The van der Waals surface area contributed by atoms with Gasteiger partial charge in [0.15, 0.2) is 0 Å². The predicted octanol–water partition coefficient (Wildman–Crippen LogP) is 6.63. The summed E-state index contributed by atoms with van der Waals surface area (Å²) in [6.07, 6.45) is 0.958. The first-order valence-corrected chi connectivity index (χ1v) is 12.8. The first-order chi connectivity index (χ1) is 15.5. The molecule has 170 valence electrons. The molecule has 1 atom stereocenters. The lowest BCUT2D eigenvalue weighted by Gasteiger charge is -2.27. The van der Waals surface area contributed by atoms with Gasteiger partial charge in [-0.3, -0.25) is 4.90 Å². The van der Waals surface area contributed by atoms with Crippen molar-refractivity contribution in [1.82, 2.24) is 9.47 Å². The Labute approximate surface area is 202 Å². The average molecular weight is 517 g/mol. The number of ether oxygens (including phenoxy) is 2. The molecule has 1 aromatic heterocycles. The van der Waals surface area contributed by atoms with E-state index < -0.39 is 0 Å². The fourth-order valence-corrected chi connectivity index (χ4v) is 5.77. The number of thioether (sulfide) groups is 1. The Balaban J connectivity index is 1.99. The summed E-state index contributed by atoms with van der Waals surface area (Å²) in [7, 11) is 2.03. The van der Waals surface area contributed by atoms with Crippen molar-refractivity contribution in [3.8, 4) is 5.75 Å². The van der Waals surface area contributed by atoms with Gasteiger partial charge in [0.2, 0.25) is 0 Å². The molecule has 0 spiro atoms. The van der Waals surface area contributed by atoms with Gasteiger partial charge < -0.3 is 14.0 Å². The number of hydrogen-bond acceptors (Lipinski definition) is 5. The Morgan fingerprint density at radius 3 is 2.72 bits per heavy atom. The van der Waals surface area contributed by atoms with E-state index in [1.165, 1.54) is 4.90 Å². The van der Waals surface area contributed by atoms with Gasteiger partial charge in [0, 0.05) is 39.9 Å². The quantitative estimate of drug-likeness (QED) is 0.260. The van der Waals surface area contributed by atoms with Gasteiger partial charge >= 0.3 is 5.97 Å². The highest BCUT2D eigenvalue weighted by molar-refractivity contribution is 9.10. The maximum absolute atomic E-state index is 13.4. The van der Waals surface area contributed by atoms with E-state index in [9.17, 15) is 4.79 Å². The SMILES string of the molecule is CCOC(=O)c1c(CSc2ccccc2)n(C(C)CC)c2cc(Br)c3c(c12)CN(C)CO3. The summed E-state index contributed by atoms with van der Waals surface area (Å²) < 4.78 is 14.9. The molecule has 2 aromatic carbocycles. The molecule has 0 fully saturated rings. The lowest BCUT2D eigenvalue weighted by Crippen LogP contribution is -2.28. The molecule has 0 aliphatic carbocycles. The van der Waals surface area contributed by atoms with Crippen molar-refractivity contribution in [2.75, 3.05) is 20.4 Å². The highest BCUT2D eigenvalue weighted by Gasteiger charge is 2.31. The number of hydrogen-bond donors (Lipinski definition) is 0. The minimum atomic E-state index is -0.263. The molecule has 32 heavy (non-hydrogen) atoms. The maximum atomic E-state index is 13.4. The van der Waals surface area contributed by atoms with Crippen LogP contribution in [0.2, 0.25) is 0 Å². The lowest BCUT2D eigenvalue weighted by molar-refractivity contribution is 0.0527. The van der Waals surface area contributed by atoms with E-state index in [0.717, 1.165) is 38.8 Å². The van der Waals surface area contributed by atoms with Gasteiger partial charge in [-0.1, -0.05) is 25.1 Å². The van der Waals surface area contributed by atoms with E-state index in [4.69, 9.17) is 9.47 Å². The number of aromatic nitrogens is 1. The summed E-state index contributed by atoms with van der Waals surface area (Å²) in [5, 5.41) is 0.956. The molecule has 4 rings (SSSR count). The standard InChI is InChI=1S/C25H29BrN2O3S/c1-5-16(3)28-20-12-19(26)24-18(13-27(4)15-31-24)22(20)23(25(29)30-6-2)21(28)14-32-17-10-8-7-9-11-17/h7-12,16H,5-6,13-15H2,1-4H3. The van der Waals surface area contributed by atoms with Crippen LogP contribution in [0.3, 0.4) is 0 Å². The Morgan fingerprint density at radius 1 is 1.28 bits per heavy atom. The van der Waals surface area contributed by atoms with E-state index in [1.807, 2.05) is 32.2 Å². The second-order valence-electron chi connectivity index (χ2n) is 8.12. The number of benzene rings is 2. The lowest BCUT2D eigenvalue weighted by atomic mass is 10.0. The molecule has 1 unspecified atom stereocenters. The minimum absolute atomic E-state index is 0.235. The van der Waals surface area contributed by atoms with Crippen molar-refractivity contribution in [1.29, 1.82) is 0 Å². The van der Waals surface area contributed by atoms with Crippen molar-refractivity contribution in [2.45, 2.75) is 50.4 Å². The minimum Gasteiger partial charge on any atom is -0.477 e. The summed E-state index contributed by atoms with van der Waals surface area (Å²) in [6, 6.07) is 12.6. The molecular formula is C25H29BrN2O3S. The van der Waals surface area contributed by atoms with Crippen molar-refractivity contribution in [2.24, 2.45) is 0 Å². The first kappa shape index (κ1) is 23.2. The smallest absolute Gasteiger partial charge is 0.340 e. The summed E-state index contributed by atoms with van der Waals surface area (Å²) in [5.74, 6) is 1.24. The molecule has 0 saturated heterocycles. The van der Waals surface area contributed by atoms with Crippen LogP contribution in [0.1, 0.15) is 54.8 Å². The van der Waals surface area contributed by atoms with Gasteiger partial charge in [0.1, 0.15) is 12.5 Å². The van der Waals surface area contributed by atoms with Crippen molar-refractivity contribution in [3.63, 3.8) is 0 Å². The van der Waals surface area contributed by atoms with Gasteiger partial charge in [0.05, 0.1) is 22.2 Å². The largest absolute Gasteiger partial charge is 0.477 e. The molecule has 7 heteroatoms. The molecule has 2 heterocycles. The van der Waals surface area contributed by atoms with Crippen LogP contribution in [0.5, 0.6) is 5.75 Å². The molecule has 0 amide bonds. The van der Waals surface area contributed by atoms with Crippen LogP contribution >= 0.6 is 27.7 Å². The molecular weight excluding hydrogens is 488 g/mol. The van der Waals surface area contributed by atoms with Crippen LogP contribution in [0.25, 0.3) is 10.9 Å². The zero-order chi connectivity index (χ0) is 22.8. The number of carbonyl (C=O) groups is 1. The average Bonchev–Trinajstić information content (AvgIpc) is 3.12. The Hall–Kier alpha value is -1.96. The highest BCUT2D eigenvalue weighted by atomic mass is 79.9. The normalized spacial score (nSPS) is 14.8. The number of fused-ring (bicyclic) bond motifs is 3.